The van der Waals surface area contributed by atoms with Gasteiger partial charge >= 0.3 is 5.97 Å². The Morgan fingerprint density at radius 1 is 0.815 bits per heavy atom. The SMILES string of the molecule is CCCCCCCCCCCCCCCC(OC(C)=O)[C@H](CO)NC(C)=O. The lowest BCUT2D eigenvalue weighted by Crippen LogP contribution is -2.46. The van der Waals surface area contributed by atoms with Crippen LogP contribution in [-0.4, -0.2) is 35.7 Å². The van der Waals surface area contributed by atoms with Gasteiger partial charge in [0.2, 0.25) is 5.91 Å². The van der Waals surface area contributed by atoms with Crippen LogP contribution in [-0.2, 0) is 14.3 Å². The number of hydrogen-bond acceptors (Lipinski definition) is 4. The van der Waals surface area contributed by atoms with Gasteiger partial charge in [-0.15, -0.1) is 0 Å². The van der Waals surface area contributed by atoms with Crippen LogP contribution in [0.2, 0.25) is 0 Å². The molecule has 1 unspecified atom stereocenters. The van der Waals surface area contributed by atoms with Crippen LogP contribution in [0.4, 0.5) is 0 Å². The van der Waals surface area contributed by atoms with E-state index < -0.39 is 12.1 Å². The minimum absolute atomic E-state index is 0.225. The first kappa shape index (κ1) is 25.9. The molecule has 0 bridgehead atoms. The van der Waals surface area contributed by atoms with Crippen LogP contribution in [0, 0.1) is 0 Å². The summed E-state index contributed by atoms with van der Waals surface area (Å²) in [5.41, 5.74) is 0. The second-order valence-electron chi connectivity index (χ2n) is 7.67. The summed E-state index contributed by atoms with van der Waals surface area (Å²) >= 11 is 0. The van der Waals surface area contributed by atoms with E-state index >= 15 is 0 Å². The molecule has 0 heterocycles. The Labute approximate surface area is 166 Å². The molecule has 0 rings (SSSR count). The Balaban J connectivity index is 3.73. The van der Waals surface area contributed by atoms with E-state index in [2.05, 4.69) is 12.2 Å². The number of rotatable bonds is 18. The number of esters is 1. The van der Waals surface area contributed by atoms with Gasteiger partial charge in [0.25, 0.3) is 0 Å². The third-order valence-corrected chi connectivity index (χ3v) is 4.94. The van der Waals surface area contributed by atoms with Crippen molar-refractivity contribution < 1.29 is 19.4 Å². The average Bonchev–Trinajstić information content (AvgIpc) is 2.62. The molecule has 0 aromatic heterocycles. The van der Waals surface area contributed by atoms with Gasteiger partial charge in [-0.2, -0.15) is 0 Å². The first-order chi connectivity index (χ1) is 13.0. The molecule has 2 atom stereocenters. The Hall–Kier alpha value is -1.10. The third kappa shape index (κ3) is 16.8. The molecular formula is C22H43NO4. The fraction of sp³-hybridized carbons (Fsp3) is 0.909. The van der Waals surface area contributed by atoms with Crippen LogP contribution < -0.4 is 5.32 Å². The fourth-order valence-corrected chi connectivity index (χ4v) is 3.44. The van der Waals surface area contributed by atoms with Crippen molar-refractivity contribution in [2.75, 3.05) is 6.61 Å². The summed E-state index contributed by atoms with van der Waals surface area (Å²) in [4.78, 5) is 22.5. The summed E-state index contributed by atoms with van der Waals surface area (Å²) in [6.07, 6.45) is 16.9. The number of aliphatic hydroxyl groups excluding tert-OH is 1. The number of hydrogen-bond donors (Lipinski definition) is 2. The predicted molar refractivity (Wildman–Crippen MR) is 111 cm³/mol. The zero-order chi connectivity index (χ0) is 20.3. The van der Waals surface area contributed by atoms with Gasteiger partial charge in [-0.3, -0.25) is 9.59 Å². The van der Waals surface area contributed by atoms with Crippen molar-refractivity contribution in [2.45, 2.75) is 123 Å². The maximum Gasteiger partial charge on any atom is 0.302 e. The number of amides is 1. The molecule has 2 N–H and O–H groups in total. The predicted octanol–water partition coefficient (Wildman–Crippen LogP) is 4.90. The zero-order valence-electron chi connectivity index (χ0n) is 17.9. The Morgan fingerprint density at radius 2 is 1.26 bits per heavy atom. The van der Waals surface area contributed by atoms with Crippen LogP contribution in [0.1, 0.15) is 111 Å². The topological polar surface area (TPSA) is 75.6 Å². The largest absolute Gasteiger partial charge is 0.460 e. The molecular weight excluding hydrogens is 342 g/mol. The number of ether oxygens (including phenoxy) is 1. The van der Waals surface area contributed by atoms with E-state index in [9.17, 15) is 14.7 Å². The lowest BCUT2D eigenvalue weighted by molar-refractivity contribution is -0.149. The van der Waals surface area contributed by atoms with Crippen molar-refractivity contribution in [3.63, 3.8) is 0 Å². The van der Waals surface area contributed by atoms with E-state index in [1.165, 1.54) is 84.5 Å². The number of carbonyl (C=O) groups excluding carboxylic acids is 2. The summed E-state index contributed by atoms with van der Waals surface area (Å²) in [6.45, 7) is 4.79. The molecule has 27 heavy (non-hydrogen) atoms. The highest BCUT2D eigenvalue weighted by Crippen LogP contribution is 2.15. The summed E-state index contributed by atoms with van der Waals surface area (Å²) < 4.78 is 5.30. The van der Waals surface area contributed by atoms with Crippen LogP contribution in [0.3, 0.4) is 0 Å². The van der Waals surface area contributed by atoms with Crippen LogP contribution in [0.25, 0.3) is 0 Å². The molecule has 0 spiro atoms. The summed E-state index contributed by atoms with van der Waals surface area (Å²) in [5.74, 6) is -0.602. The molecule has 1 amide bonds. The van der Waals surface area contributed by atoms with Gasteiger partial charge in [-0.1, -0.05) is 84.0 Å². The zero-order valence-corrected chi connectivity index (χ0v) is 17.9. The quantitative estimate of drug-likeness (QED) is 0.260. The van der Waals surface area contributed by atoms with E-state index in [0.717, 1.165) is 12.8 Å². The smallest absolute Gasteiger partial charge is 0.302 e. The van der Waals surface area contributed by atoms with Crippen molar-refractivity contribution >= 4 is 11.9 Å². The number of carbonyl (C=O) groups is 2. The van der Waals surface area contributed by atoms with Gasteiger partial charge in [0.15, 0.2) is 0 Å². The van der Waals surface area contributed by atoms with Gasteiger partial charge in [0, 0.05) is 13.8 Å². The molecule has 5 nitrogen and oxygen atoms in total. The fourth-order valence-electron chi connectivity index (χ4n) is 3.44. The van der Waals surface area contributed by atoms with E-state index in [-0.39, 0.29) is 18.5 Å². The molecule has 0 fully saturated rings. The monoisotopic (exact) mass is 385 g/mol. The van der Waals surface area contributed by atoms with Crippen LogP contribution in [0.5, 0.6) is 0 Å². The highest BCUT2D eigenvalue weighted by Gasteiger charge is 2.24. The molecule has 160 valence electrons. The minimum Gasteiger partial charge on any atom is -0.460 e. The number of unbranched alkanes of at least 4 members (excludes halogenated alkanes) is 12. The molecule has 0 radical (unpaired) electrons. The lowest BCUT2D eigenvalue weighted by atomic mass is 10.0. The Bertz CT molecular complexity index is 373. The lowest BCUT2D eigenvalue weighted by Gasteiger charge is -2.25. The second-order valence-corrected chi connectivity index (χ2v) is 7.67. The molecule has 0 saturated carbocycles. The van der Waals surface area contributed by atoms with E-state index in [0.29, 0.717) is 6.42 Å². The third-order valence-electron chi connectivity index (χ3n) is 4.94. The summed E-state index contributed by atoms with van der Waals surface area (Å²) in [7, 11) is 0. The second kappa shape index (κ2) is 18.3. The molecule has 0 aliphatic heterocycles. The highest BCUT2D eigenvalue weighted by atomic mass is 16.5. The van der Waals surface area contributed by atoms with Crippen molar-refractivity contribution in [3.05, 3.63) is 0 Å². The molecule has 5 heteroatoms. The molecule has 0 aliphatic carbocycles. The first-order valence-electron chi connectivity index (χ1n) is 11.1. The average molecular weight is 386 g/mol. The standard InChI is InChI=1S/C22H43NO4/c1-4-5-6-7-8-9-10-11-12-13-14-15-16-17-22(27-20(3)26)21(18-24)23-19(2)25/h21-22,24H,4-18H2,1-3H3,(H,23,25)/t21-,22?/m0/s1. The van der Waals surface area contributed by atoms with Crippen molar-refractivity contribution in [1.29, 1.82) is 0 Å². The maximum absolute atomic E-state index is 11.3. The highest BCUT2D eigenvalue weighted by molar-refractivity contribution is 5.73. The number of aliphatic hydroxyl groups is 1. The molecule has 0 aromatic carbocycles. The molecule has 0 aliphatic rings. The normalized spacial score (nSPS) is 13.2. The molecule has 0 aromatic rings. The minimum atomic E-state index is -0.524. The van der Waals surface area contributed by atoms with E-state index in [4.69, 9.17) is 4.74 Å². The van der Waals surface area contributed by atoms with Crippen LogP contribution >= 0.6 is 0 Å². The number of nitrogens with one attached hydrogen (secondary N) is 1. The van der Waals surface area contributed by atoms with Gasteiger partial charge in [-0.05, 0) is 12.8 Å². The van der Waals surface area contributed by atoms with Crippen molar-refractivity contribution in [3.8, 4) is 0 Å². The van der Waals surface area contributed by atoms with Gasteiger partial charge in [-0.25, -0.2) is 0 Å². The molecule has 0 saturated heterocycles. The van der Waals surface area contributed by atoms with Gasteiger partial charge < -0.3 is 15.2 Å². The first-order valence-corrected chi connectivity index (χ1v) is 11.1. The van der Waals surface area contributed by atoms with Crippen molar-refractivity contribution in [2.24, 2.45) is 0 Å². The van der Waals surface area contributed by atoms with Gasteiger partial charge in [0.1, 0.15) is 6.10 Å². The van der Waals surface area contributed by atoms with E-state index in [1.54, 1.807) is 0 Å². The van der Waals surface area contributed by atoms with Gasteiger partial charge in [0.05, 0.1) is 12.6 Å². The van der Waals surface area contributed by atoms with Crippen LogP contribution in [0.15, 0.2) is 0 Å². The van der Waals surface area contributed by atoms with Crippen molar-refractivity contribution in [1.82, 2.24) is 5.32 Å². The summed E-state index contributed by atoms with van der Waals surface area (Å²) in [5, 5.41) is 12.1. The Kier molecular flexibility index (Phi) is 17.5. The van der Waals surface area contributed by atoms with E-state index in [1.807, 2.05) is 0 Å². The maximum atomic E-state index is 11.3. The summed E-state index contributed by atoms with van der Waals surface area (Å²) in [6, 6.07) is -0.524. The Morgan fingerprint density at radius 3 is 1.63 bits per heavy atom.